The van der Waals surface area contributed by atoms with Crippen LogP contribution >= 0.6 is 47.0 Å². The molecule has 10 rings (SSSR count). The number of unbranched alkanes of at least 4 members (excludes halogenated alkanes) is 2. The molecule has 4 bridgehead atoms. The summed E-state index contributed by atoms with van der Waals surface area (Å²) in [5.41, 5.74) is 6.23. The van der Waals surface area contributed by atoms with Crippen LogP contribution < -0.4 is 9.47 Å². The number of piperazine rings is 2. The highest BCUT2D eigenvalue weighted by Crippen LogP contribution is 2.62. The number of benzene rings is 4. The number of likely N-dealkylation sites (N-methyl/N-ethyl adjacent to an activating group) is 4. The molecule has 4 amide bonds. The fourth-order valence-electron chi connectivity index (χ4n) is 9.61. The van der Waals surface area contributed by atoms with Gasteiger partial charge in [-0.3, -0.25) is 19.2 Å². The van der Waals surface area contributed by atoms with Gasteiger partial charge in [0, 0.05) is 54.2 Å². The smallest absolute Gasteiger partial charge is 0.262 e. The minimum atomic E-state index is -1.21. The molecule has 0 saturated carbocycles. The van der Waals surface area contributed by atoms with Crippen LogP contribution in [0.25, 0.3) is 0 Å². The highest BCUT2D eigenvalue weighted by Gasteiger charge is 2.67. The first-order valence-corrected chi connectivity index (χ1v) is 27.7. The number of fused-ring (bicyclic) bond motifs is 8. The van der Waals surface area contributed by atoms with Crippen molar-refractivity contribution >= 4 is 70.7 Å². The largest absolute Gasteiger partial charge is 0.497 e. The van der Waals surface area contributed by atoms with E-state index in [-0.39, 0.29) is 46.0 Å². The van der Waals surface area contributed by atoms with Crippen molar-refractivity contribution in [3.05, 3.63) is 130 Å². The molecule has 6 aliphatic rings. The number of amides is 4. The number of carbonyl (C=O) groups excluding carboxylic acids is 4. The molecule has 4 aromatic rings. The molecule has 16 heteroatoms. The molecule has 0 spiro atoms. The summed E-state index contributed by atoms with van der Waals surface area (Å²) in [6.07, 6.45) is 5.96. The average Bonchev–Trinajstić information content (AvgIpc) is 3.64. The van der Waals surface area contributed by atoms with E-state index in [2.05, 4.69) is 62.4 Å². The zero-order valence-electron chi connectivity index (χ0n) is 41.6. The Hall–Kier alpha value is -4.32. The lowest BCUT2D eigenvalue weighted by molar-refractivity contribution is -0.165. The number of ether oxygens (including phenoxy) is 4. The number of rotatable bonds is 21. The van der Waals surface area contributed by atoms with E-state index in [1.165, 1.54) is 47.0 Å². The molecular weight excluding hydrogens is 961 g/mol. The first kappa shape index (κ1) is 52.0. The van der Waals surface area contributed by atoms with E-state index in [9.17, 15) is 19.2 Å². The van der Waals surface area contributed by atoms with Crippen LogP contribution in [0.5, 0.6) is 11.5 Å². The number of hydrogen-bond acceptors (Lipinski definition) is 12. The number of thioether (sulfide) groups is 4. The maximum absolute atomic E-state index is 14.8. The molecule has 374 valence electrons. The summed E-state index contributed by atoms with van der Waals surface area (Å²) in [6.45, 7) is 5.46. The van der Waals surface area contributed by atoms with Crippen molar-refractivity contribution < 1.29 is 38.1 Å². The summed E-state index contributed by atoms with van der Waals surface area (Å²) >= 11 is 6.04. The van der Waals surface area contributed by atoms with Crippen molar-refractivity contribution in [2.45, 2.75) is 93.9 Å². The first-order chi connectivity index (χ1) is 33.7. The van der Waals surface area contributed by atoms with Crippen molar-refractivity contribution in [3.63, 3.8) is 0 Å². The number of carbonyl (C=O) groups is 4. The summed E-state index contributed by atoms with van der Waals surface area (Å²) in [4.78, 5) is 60.7. The Morgan fingerprint density at radius 1 is 0.443 bits per heavy atom. The number of aryl methyl sites for hydroxylation is 2. The van der Waals surface area contributed by atoms with E-state index in [0.717, 1.165) is 83.4 Å². The van der Waals surface area contributed by atoms with E-state index in [4.69, 9.17) is 18.9 Å². The van der Waals surface area contributed by atoms with Crippen molar-refractivity contribution in [1.82, 2.24) is 19.6 Å². The third-order valence-corrected chi connectivity index (χ3v) is 21.2. The Kier molecular flexibility index (Phi) is 16.2. The van der Waals surface area contributed by atoms with Crippen LogP contribution in [0.4, 0.5) is 0 Å². The maximum atomic E-state index is 14.8. The topological polar surface area (TPSA) is 118 Å². The first-order valence-electron chi connectivity index (χ1n) is 24.1. The van der Waals surface area contributed by atoms with Crippen LogP contribution in [0.3, 0.4) is 0 Å². The molecule has 0 N–H and O–H groups in total. The number of hydrogen-bond donors (Lipinski definition) is 0. The molecule has 12 nitrogen and oxygen atoms in total. The number of methoxy groups -OCH3 is 2. The molecule has 0 aliphatic carbocycles. The fourth-order valence-corrected chi connectivity index (χ4v) is 17.2. The zero-order valence-corrected chi connectivity index (χ0v) is 44.8. The third-order valence-electron chi connectivity index (χ3n) is 14.2. The molecule has 0 aromatic heterocycles. The van der Waals surface area contributed by atoms with Crippen LogP contribution in [0.2, 0.25) is 0 Å². The van der Waals surface area contributed by atoms with Gasteiger partial charge in [-0.15, -0.1) is 47.0 Å². The normalized spacial score (nSPS) is 26.5. The Bertz CT molecular complexity index is 2330. The summed E-state index contributed by atoms with van der Waals surface area (Å²) < 4.78 is 22.7. The van der Waals surface area contributed by atoms with Gasteiger partial charge in [0.1, 0.15) is 11.5 Å². The van der Waals surface area contributed by atoms with Crippen molar-refractivity contribution in [1.29, 1.82) is 0 Å². The van der Waals surface area contributed by atoms with Crippen molar-refractivity contribution in [2.24, 2.45) is 0 Å². The van der Waals surface area contributed by atoms with Crippen molar-refractivity contribution in [3.8, 4) is 11.5 Å². The summed E-state index contributed by atoms with van der Waals surface area (Å²) in [5.74, 6) is 1.01. The van der Waals surface area contributed by atoms with Gasteiger partial charge in [-0.2, -0.15) is 0 Å². The SMILES string of the molecule is CCCCOC[C@@]12SC(c3ccc(OC)cc3)S[C@@](Cc3ccc(CCc4ccc(C[C@@]56SC(c7ccc(OC)cc7)S[C@@](COCCCC)(C(=O)N5C)N(C)C6=O)cc4)cc3)(C(=O)N1C)N(C)C2=O. The second-order valence-corrected chi connectivity index (χ2v) is 24.7. The van der Waals surface area contributed by atoms with E-state index >= 15 is 0 Å². The van der Waals surface area contributed by atoms with Crippen LogP contribution in [-0.2, 0) is 54.3 Å². The molecule has 6 fully saturated rings. The van der Waals surface area contributed by atoms with E-state index in [1.54, 1.807) is 62.0 Å². The van der Waals surface area contributed by atoms with E-state index < -0.39 is 19.5 Å². The van der Waals surface area contributed by atoms with Crippen LogP contribution in [-0.4, -0.2) is 132 Å². The molecule has 6 aliphatic heterocycles. The Morgan fingerprint density at radius 3 is 1.07 bits per heavy atom. The second-order valence-electron chi connectivity index (χ2n) is 18.6. The zero-order chi connectivity index (χ0) is 49.8. The minimum Gasteiger partial charge on any atom is -0.497 e. The minimum absolute atomic E-state index is 0.110. The Balaban J connectivity index is 0.976. The monoisotopic (exact) mass is 1030 g/mol. The van der Waals surface area contributed by atoms with Gasteiger partial charge < -0.3 is 38.5 Å². The van der Waals surface area contributed by atoms with Gasteiger partial charge >= 0.3 is 0 Å². The van der Waals surface area contributed by atoms with Crippen LogP contribution in [0.15, 0.2) is 97.1 Å². The van der Waals surface area contributed by atoms with E-state index in [0.29, 0.717) is 26.1 Å². The van der Waals surface area contributed by atoms with Gasteiger partial charge in [0.05, 0.1) is 36.6 Å². The Labute approximate surface area is 430 Å². The highest BCUT2D eigenvalue weighted by atomic mass is 32.2. The van der Waals surface area contributed by atoms with Gasteiger partial charge in [-0.1, -0.05) is 99.5 Å². The molecule has 6 heterocycles. The summed E-state index contributed by atoms with van der Waals surface area (Å²) in [7, 11) is 10.3. The van der Waals surface area contributed by atoms with Gasteiger partial charge in [0.25, 0.3) is 23.6 Å². The molecule has 4 aromatic carbocycles. The second kappa shape index (κ2) is 21.8. The van der Waals surface area contributed by atoms with Gasteiger partial charge in [-0.05, 0) is 83.3 Å². The van der Waals surface area contributed by atoms with Crippen molar-refractivity contribution in [2.75, 3.05) is 68.8 Å². The lowest BCUT2D eigenvalue weighted by Crippen LogP contribution is -2.73. The number of nitrogens with zero attached hydrogens (tertiary/aromatic N) is 4. The van der Waals surface area contributed by atoms with Gasteiger partial charge in [0.15, 0.2) is 19.5 Å². The lowest BCUT2D eigenvalue weighted by Gasteiger charge is -2.51. The molecule has 2 unspecified atom stereocenters. The predicted molar refractivity (Wildman–Crippen MR) is 283 cm³/mol. The molecule has 6 saturated heterocycles. The van der Waals surface area contributed by atoms with Gasteiger partial charge in [0.2, 0.25) is 0 Å². The van der Waals surface area contributed by atoms with Crippen LogP contribution in [0.1, 0.15) is 82.1 Å². The Morgan fingerprint density at radius 2 is 0.743 bits per heavy atom. The molecule has 6 atom stereocenters. The standard InChI is InChI=1S/C54H66N4O8S4/c1-9-11-31-65-35-53-49(61)55(3)51(47(59)57(53)5,67-45(69-53)41-23-27-43(63-7)28-24-41)33-39-19-15-37(16-20-39)13-14-38-17-21-40(22-18-38)34-52-48(60)58(6)54(50(62)56(52)4,36-66-32-12-10-2)70-46(68-52)42-25-29-44(64-8)30-26-42/h15-30,45-46H,9-14,31-36H2,1-8H3/t45?,46?,51-,52-,53-,54-/m0/s1. The van der Waals surface area contributed by atoms with Gasteiger partial charge in [-0.25, -0.2) is 0 Å². The highest BCUT2D eigenvalue weighted by molar-refractivity contribution is 8.19. The molecular formula is C54H66N4O8S4. The maximum Gasteiger partial charge on any atom is 0.262 e. The molecule has 0 radical (unpaired) electrons. The van der Waals surface area contributed by atoms with E-state index in [1.807, 2.05) is 48.5 Å². The summed E-state index contributed by atoms with van der Waals surface area (Å²) in [6, 6.07) is 32.6. The quantitative estimate of drug-likeness (QED) is 0.0741. The average molecular weight is 1030 g/mol. The predicted octanol–water partition coefficient (Wildman–Crippen LogP) is 9.21. The molecule has 70 heavy (non-hydrogen) atoms. The summed E-state index contributed by atoms with van der Waals surface area (Å²) in [5, 5.41) is 0. The fraction of sp³-hybridized carbons (Fsp3) is 0.481. The lowest BCUT2D eigenvalue weighted by atomic mass is 9.95. The van der Waals surface area contributed by atoms with Crippen LogP contribution in [0, 0.1) is 0 Å². The third kappa shape index (κ3) is 9.69.